The van der Waals surface area contributed by atoms with Crippen molar-refractivity contribution in [2.45, 2.75) is 31.8 Å². The summed E-state index contributed by atoms with van der Waals surface area (Å²) in [5, 5.41) is 18.4. The molecule has 0 aliphatic carbocycles. The second-order valence-electron chi connectivity index (χ2n) is 7.24. The molecule has 2 aliphatic heterocycles. The first-order valence-corrected chi connectivity index (χ1v) is 8.54. The van der Waals surface area contributed by atoms with E-state index >= 15 is 0 Å². The molecule has 3 amide bonds. The Labute approximate surface area is 146 Å². The van der Waals surface area contributed by atoms with Crippen molar-refractivity contribution in [1.29, 1.82) is 0 Å². The van der Waals surface area contributed by atoms with Crippen molar-refractivity contribution in [3.8, 4) is 0 Å². The summed E-state index contributed by atoms with van der Waals surface area (Å²) in [5.41, 5.74) is 0.354. The number of amides is 3. The molecule has 9 heteroatoms. The zero-order valence-electron chi connectivity index (χ0n) is 14.9. The van der Waals surface area contributed by atoms with E-state index in [2.05, 4.69) is 14.9 Å². The van der Waals surface area contributed by atoms with Crippen LogP contribution in [0.5, 0.6) is 0 Å². The van der Waals surface area contributed by atoms with Crippen molar-refractivity contribution < 1.29 is 19.3 Å². The topological polar surface area (TPSA) is 103 Å². The molecule has 9 nitrogen and oxygen atoms in total. The van der Waals surface area contributed by atoms with E-state index in [0.717, 1.165) is 0 Å². The summed E-state index contributed by atoms with van der Waals surface area (Å²) < 4.78 is 4.64. The fraction of sp³-hybridized carbons (Fsp3) is 0.750. The van der Waals surface area contributed by atoms with Crippen LogP contribution in [0, 0.1) is 12.8 Å². The molecule has 0 saturated carbocycles. The van der Waals surface area contributed by atoms with Gasteiger partial charge in [-0.15, -0.1) is 0 Å². The minimum absolute atomic E-state index is 0.0584. The maximum absolute atomic E-state index is 12.6. The number of carbonyl (C=O) groups excluding carboxylic acids is 2. The number of nitrogens with zero attached hydrogens (tertiary/aromatic N) is 5. The Hall–Kier alpha value is -2.16. The average molecular weight is 351 g/mol. The monoisotopic (exact) mass is 351 g/mol. The van der Waals surface area contributed by atoms with E-state index in [1.165, 1.54) is 4.90 Å². The molecular weight excluding hydrogens is 326 g/mol. The third-order valence-corrected chi connectivity index (χ3v) is 5.34. The maximum atomic E-state index is 12.6. The number of urea groups is 1. The van der Waals surface area contributed by atoms with E-state index in [1.807, 2.05) is 0 Å². The number of aryl methyl sites for hydroxylation is 1. The highest BCUT2D eigenvalue weighted by Crippen LogP contribution is 2.35. The van der Waals surface area contributed by atoms with Gasteiger partial charge in [0.05, 0.1) is 12.0 Å². The van der Waals surface area contributed by atoms with Crippen LogP contribution in [0.2, 0.25) is 0 Å². The van der Waals surface area contributed by atoms with Crippen LogP contribution in [-0.4, -0.2) is 87.9 Å². The van der Waals surface area contributed by atoms with Gasteiger partial charge in [0.25, 0.3) is 0 Å². The summed E-state index contributed by atoms with van der Waals surface area (Å²) in [6.07, 6.45) is 1.22. The van der Waals surface area contributed by atoms with Crippen LogP contribution in [0.15, 0.2) is 4.63 Å². The third-order valence-electron chi connectivity index (χ3n) is 5.34. The van der Waals surface area contributed by atoms with Crippen molar-refractivity contribution >= 4 is 11.9 Å². The lowest BCUT2D eigenvalue weighted by Gasteiger charge is -2.50. The van der Waals surface area contributed by atoms with Gasteiger partial charge >= 0.3 is 6.03 Å². The molecule has 2 atom stereocenters. The Kier molecular flexibility index (Phi) is 4.68. The molecule has 0 bridgehead atoms. The summed E-state index contributed by atoms with van der Waals surface area (Å²) in [7, 11) is 3.43. The number of fused-ring (bicyclic) bond motifs is 1. The fourth-order valence-corrected chi connectivity index (χ4v) is 3.65. The van der Waals surface area contributed by atoms with Gasteiger partial charge < -0.3 is 19.8 Å². The molecule has 25 heavy (non-hydrogen) atoms. The molecule has 2 aliphatic rings. The summed E-state index contributed by atoms with van der Waals surface area (Å²) in [5.74, 6) is -0.198. The van der Waals surface area contributed by atoms with Crippen LogP contribution < -0.4 is 0 Å². The Morgan fingerprint density at radius 3 is 2.48 bits per heavy atom. The van der Waals surface area contributed by atoms with Gasteiger partial charge in [-0.3, -0.25) is 4.79 Å². The molecule has 1 aromatic heterocycles. The zero-order chi connectivity index (χ0) is 18.2. The summed E-state index contributed by atoms with van der Waals surface area (Å²) in [6.45, 7) is 3.71. The highest BCUT2D eigenvalue weighted by Gasteiger charge is 2.46. The predicted octanol–water partition coefficient (Wildman–Crippen LogP) is -0.113. The van der Waals surface area contributed by atoms with Crippen LogP contribution in [0.3, 0.4) is 0 Å². The molecule has 0 radical (unpaired) electrons. The van der Waals surface area contributed by atoms with Crippen molar-refractivity contribution in [3.05, 3.63) is 11.4 Å². The second kappa shape index (κ2) is 6.62. The summed E-state index contributed by atoms with van der Waals surface area (Å²) in [6, 6.07) is -0.0604. The second-order valence-corrected chi connectivity index (χ2v) is 7.24. The van der Waals surface area contributed by atoms with E-state index in [1.54, 1.807) is 30.8 Å². The number of hydrogen-bond acceptors (Lipinski definition) is 6. The molecule has 2 saturated heterocycles. The number of carbonyl (C=O) groups is 2. The summed E-state index contributed by atoms with van der Waals surface area (Å²) in [4.78, 5) is 29.8. The van der Waals surface area contributed by atoms with Crippen LogP contribution in [0.1, 0.15) is 24.2 Å². The van der Waals surface area contributed by atoms with E-state index in [-0.39, 0.29) is 24.3 Å². The highest BCUT2D eigenvalue weighted by atomic mass is 16.6. The van der Waals surface area contributed by atoms with Crippen molar-refractivity contribution in [1.82, 2.24) is 25.0 Å². The molecule has 3 rings (SSSR count). The SMILES string of the molecule is Cc1nonc1CC(=O)N1CC[C@]2(O)CCN(C(=O)N(C)C)C[C@@H]2C1. The van der Waals surface area contributed by atoms with E-state index in [0.29, 0.717) is 50.4 Å². The van der Waals surface area contributed by atoms with E-state index < -0.39 is 5.60 Å². The lowest BCUT2D eigenvalue weighted by Crippen LogP contribution is -2.62. The van der Waals surface area contributed by atoms with Gasteiger partial charge in [-0.25, -0.2) is 9.42 Å². The Bertz CT molecular complexity index is 661. The minimum atomic E-state index is -0.800. The number of likely N-dealkylation sites (tertiary alicyclic amines) is 2. The van der Waals surface area contributed by atoms with E-state index in [4.69, 9.17) is 0 Å². The molecule has 0 spiro atoms. The molecule has 0 aromatic carbocycles. The number of hydrogen-bond donors (Lipinski definition) is 1. The van der Waals surface area contributed by atoms with Gasteiger partial charge in [-0.05, 0) is 19.8 Å². The zero-order valence-corrected chi connectivity index (χ0v) is 14.9. The van der Waals surface area contributed by atoms with E-state index in [9.17, 15) is 14.7 Å². The largest absolute Gasteiger partial charge is 0.389 e. The first kappa shape index (κ1) is 17.7. The smallest absolute Gasteiger partial charge is 0.319 e. The van der Waals surface area contributed by atoms with Crippen LogP contribution >= 0.6 is 0 Å². The lowest BCUT2D eigenvalue weighted by molar-refractivity contribution is -0.144. The first-order valence-electron chi connectivity index (χ1n) is 8.54. The lowest BCUT2D eigenvalue weighted by atomic mass is 9.75. The standard InChI is InChI=1S/C16H25N5O4/c1-11-13(18-25-17-11)8-14(22)20-6-4-16(24)5-7-21(10-12(16)9-20)15(23)19(2)3/h12,24H,4-10H2,1-3H3/t12-,16-/m0/s1. The van der Waals surface area contributed by atoms with Gasteiger partial charge in [0.15, 0.2) is 0 Å². The molecule has 1 aromatic rings. The normalized spacial score (nSPS) is 26.3. The van der Waals surface area contributed by atoms with Crippen molar-refractivity contribution in [2.24, 2.45) is 5.92 Å². The molecular formula is C16H25N5O4. The van der Waals surface area contributed by atoms with Gasteiger partial charge in [0.2, 0.25) is 5.91 Å². The Morgan fingerprint density at radius 1 is 1.24 bits per heavy atom. The first-order chi connectivity index (χ1) is 11.8. The molecule has 3 heterocycles. The highest BCUT2D eigenvalue weighted by molar-refractivity contribution is 5.78. The average Bonchev–Trinajstić information content (AvgIpc) is 2.97. The van der Waals surface area contributed by atoms with Gasteiger partial charge in [0, 0.05) is 46.2 Å². The van der Waals surface area contributed by atoms with Crippen molar-refractivity contribution in [2.75, 3.05) is 40.3 Å². The molecule has 138 valence electrons. The van der Waals surface area contributed by atoms with Crippen LogP contribution in [-0.2, 0) is 11.2 Å². The maximum Gasteiger partial charge on any atom is 0.319 e. The van der Waals surface area contributed by atoms with Crippen LogP contribution in [0.4, 0.5) is 4.79 Å². The number of rotatable bonds is 2. The van der Waals surface area contributed by atoms with Gasteiger partial charge in [-0.1, -0.05) is 10.3 Å². The summed E-state index contributed by atoms with van der Waals surface area (Å²) >= 11 is 0. The Balaban J connectivity index is 1.66. The fourth-order valence-electron chi connectivity index (χ4n) is 3.65. The van der Waals surface area contributed by atoms with Crippen LogP contribution in [0.25, 0.3) is 0 Å². The molecule has 0 unspecified atom stereocenters. The predicted molar refractivity (Wildman–Crippen MR) is 87.6 cm³/mol. The Morgan fingerprint density at radius 2 is 1.88 bits per heavy atom. The number of aromatic nitrogens is 2. The van der Waals surface area contributed by atoms with Gasteiger partial charge in [0.1, 0.15) is 11.4 Å². The molecule has 1 N–H and O–H groups in total. The number of piperidine rings is 2. The molecule has 2 fully saturated rings. The van der Waals surface area contributed by atoms with Gasteiger partial charge in [-0.2, -0.15) is 0 Å². The number of aliphatic hydroxyl groups is 1. The van der Waals surface area contributed by atoms with Crippen molar-refractivity contribution in [3.63, 3.8) is 0 Å². The quantitative estimate of drug-likeness (QED) is 0.797. The third kappa shape index (κ3) is 3.46. The minimum Gasteiger partial charge on any atom is -0.389 e.